The summed E-state index contributed by atoms with van der Waals surface area (Å²) in [4.78, 5) is 40.0. The van der Waals surface area contributed by atoms with Crippen LogP contribution in [0.3, 0.4) is 0 Å². The molecule has 0 aliphatic heterocycles. The molecule has 4 aromatic rings. The van der Waals surface area contributed by atoms with Crippen molar-refractivity contribution in [2.75, 3.05) is 5.32 Å². The molecule has 2 aromatic carbocycles. The number of aromatic nitrogens is 2. The van der Waals surface area contributed by atoms with Crippen LogP contribution in [0.15, 0.2) is 61.2 Å². The number of anilines is 1. The molecule has 0 aliphatic carbocycles. The molecule has 0 saturated carbocycles. The Labute approximate surface area is 203 Å². The number of fused-ring (bicyclic) bond motifs is 1. The SMILES string of the molecule is CC(=O)Nc1ccc(-n2c(SC(C)(C)C(=O)OCc3oc(=O)oc3C)nc3ccccc32)c(F)c1. The van der Waals surface area contributed by atoms with Crippen molar-refractivity contribution in [3.63, 3.8) is 0 Å². The zero-order chi connectivity index (χ0) is 25.3. The van der Waals surface area contributed by atoms with E-state index in [1.54, 1.807) is 42.7 Å². The number of carbonyl (C=O) groups excluding carboxylic acids is 2. The van der Waals surface area contributed by atoms with Gasteiger partial charge in [-0.3, -0.25) is 14.2 Å². The summed E-state index contributed by atoms with van der Waals surface area (Å²) in [6.45, 7) is 5.90. The zero-order valence-electron chi connectivity index (χ0n) is 19.4. The Kier molecular flexibility index (Phi) is 6.53. The average molecular weight is 500 g/mol. The molecule has 0 fully saturated rings. The number of carbonyl (C=O) groups is 2. The van der Waals surface area contributed by atoms with E-state index >= 15 is 4.39 Å². The Hall–Kier alpha value is -3.86. The highest BCUT2D eigenvalue weighted by atomic mass is 32.2. The lowest BCUT2D eigenvalue weighted by Gasteiger charge is -2.22. The predicted molar refractivity (Wildman–Crippen MR) is 127 cm³/mol. The lowest BCUT2D eigenvalue weighted by molar-refractivity contribution is -0.147. The molecule has 11 heteroatoms. The minimum atomic E-state index is -1.14. The zero-order valence-corrected chi connectivity index (χ0v) is 20.2. The molecular formula is C24H22FN3O6S. The maximum absolute atomic E-state index is 15.2. The highest BCUT2D eigenvalue weighted by molar-refractivity contribution is 8.01. The van der Waals surface area contributed by atoms with Crippen LogP contribution in [0.1, 0.15) is 32.3 Å². The van der Waals surface area contributed by atoms with Crippen molar-refractivity contribution >= 4 is 40.4 Å². The number of aryl methyl sites for hydroxylation is 1. The topological polar surface area (TPSA) is 117 Å². The van der Waals surface area contributed by atoms with Gasteiger partial charge in [0.1, 0.15) is 10.6 Å². The van der Waals surface area contributed by atoms with Crippen LogP contribution >= 0.6 is 11.8 Å². The third-order valence-electron chi connectivity index (χ3n) is 5.05. The van der Waals surface area contributed by atoms with Crippen molar-refractivity contribution in [3.05, 3.63) is 70.4 Å². The van der Waals surface area contributed by atoms with Gasteiger partial charge in [-0.2, -0.15) is 0 Å². The third kappa shape index (κ3) is 5.14. The van der Waals surface area contributed by atoms with E-state index in [1.165, 1.54) is 26.0 Å². The second-order valence-electron chi connectivity index (χ2n) is 8.19. The van der Waals surface area contributed by atoms with E-state index in [0.717, 1.165) is 11.8 Å². The number of nitrogens with one attached hydrogen (secondary N) is 1. The quantitative estimate of drug-likeness (QED) is 0.290. The van der Waals surface area contributed by atoms with Gasteiger partial charge in [-0.25, -0.2) is 14.2 Å². The summed E-state index contributed by atoms with van der Waals surface area (Å²) in [5.41, 5.74) is 1.78. The molecule has 9 nitrogen and oxygen atoms in total. The number of rotatable bonds is 7. The Bertz CT molecular complexity index is 1490. The summed E-state index contributed by atoms with van der Waals surface area (Å²) in [6, 6.07) is 11.5. The van der Waals surface area contributed by atoms with Crippen molar-refractivity contribution in [2.24, 2.45) is 0 Å². The van der Waals surface area contributed by atoms with Gasteiger partial charge in [0, 0.05) is 12.6 Å². The molecule has 0 aliphatic rings. The Morgan fingerprint density at radius 2 is 1.94 bits per heavy atom. The van der Waals surface area contributed by atoms with Crippen LogP contribution in [0.2, 0.25) is 0 Å². The van der Waals surface area contributed by atoms with Crippen molar-refractivity contribution in [2.45, 2.75) is 44.2 Å². The number of esters is 1. The summed E-state index contributed by atoms with van der Waals surface area (Å²) in [5.74, 6) is -2.00. The standard InChI is InChI=1S/C24H22FN3O6S/c1-13-20(34-23(31)33-13)12-32-21(30)24(3,4)35-22-27-17-7-5-6-8-19(17)28(22)18-10-9-15(11-16(18)25)26-14(2)29/h5-11H,12H2,1-4H3,(H,26,29). The van der Waals surface area contributed by atoms with Gasteiger partial charge in [0.25, 0.3) is 0 Å². The van der Waals surface area contributed by atoms with E-state index in [4.69, 9.17) is 13.6 Å². The summed E-state index contributed by atoms with van der Waals surface area (Å²) < 4.78 is 30.6. The molecule has 0 saturated heterocycles. The van der Waals surface area contributed by atoms with Crippen molar-refractivity contribution in [3.8, 4) is 5.69 Å². The van der Waals surface area contributed by atoms with Gasteiger partial charge >= 0.3 is 11.8 Å². The second kappa shape index (κ2) is 9.41. The monoisotopic (exact) mass is 499 g/mol. The normalized spacial score (nSPS) is 11.6. The van der Waals surface area contributed by atoms with Crippen LogP contribution < -0.4 is 11.1 Å². The predicted octanol–water partition coefficient (Wildman–Crippen LogP) is 4.59. The van der Waals surface area contributed by atoms with Crippen LogP contribution in [0.4, 0.5) is 10.1 Å². The molecule has 1 N–H and O–H groups in total. The molecule has 2 aromatic heterocycles. The van der Waals surface area contributed by atoms with Crippen LogP contribution in [0, 0.1) is 12.7 Å². The molecule has 0 bridgehead atoms. The molecule has 0 radical (unpaired) electrons. The number of nitrogens with zero attached hydrogens (tertiary/aromatic N) is 2. The summed E-state index contributed by atoms with van der Waals surface area (Å²) in [6.07, 6.45) is 0. The molecule has 35 heavy (non-hydrogen) atoms. The molecule has 0 spiro atoms. The minimum absolute atomic E-state index is 0.123. The lowest BCUT2D eigenvalue weighted by Crippen LogP contribution is -2.30. The van der Waals surface area contributed by atoms with E-state index < -0.39 is 22.4 Å². The fourth-order valence-electron chi connectivity index (χ4n) is 3.36. The lowest BCUT2D eigenvalue weighted by atomic mass is 10.2. The number of hydrogen-bond donors (Lipinski definition) is 1. The first-order chi connectivity index (χ1) is 16.5. The van der Waals surface area contributed by atoms with Crippen LogP contribution in [-0.4, -0.2) is 26.2 Å². The van der Waals surface area contributed by atoms with E-state index in [2.05, 4.69) is 10.3 Å². The molecule has 1 amide bonds. The van der Waals surface area contributed by atoms with Gasteiger partial charge < -0.3 is 18.9 Å². The fraction of sp³-hybridized carbons (Fsp3) is 0.250. The number of thioether (sulfide) groups is 1. The van der Waals surface area contributed by atoms with Crippen molar-refractivity contribution in [1.82, 2.24) is 9.55 Å². The van der Waals surface area contributed by atoms with Gasteiger partial charge in [-0.1, -0.05) is 23.9 Å². The molecule has 2 heterocycles. The third-order valence-corrected chi connectivity index (χ3v) is 6.18. The maximum atomic E-state index is 15.2. The van der Waals surface area contributed by atoms with E-state index in [9.17, 15) is 14.4 Å². The first kappa shape index (κ1) is 24.3. The van der Waals surface area contributed by atoms with E-state index in [0.29, 0.717) is 21.9 Å². The minimum Gasteiger partial charge on any atom is -0.456 e. The van der Waals surface area contributed by atoms with Crippen LogP contribution in [0.25, 0.3) is 16.7 Å². The molecule has 0 atom stereocenters. The van der Waals surface area contributed by atoms with E-state index in [-0.39, 0.29) is 29.7 Å². The van der Waals surface area contributed by atoms with E-state index in [1.807, 2.05) is 6.07 Å². The van der Waals surface area contributed by atoms with Gasteiger partial charge in [0.05, 0.1) is 16.7 Å². The van der Waals surface area contributed by atoms with Gasteiger partial charge in [-0.05, 0) is 51.1 Å². The molecule has 182 valence electrons. The number of para-hydroxylation sites is 2. The number of ether oxygens (including phenoxy) is 1. The van der Waals surface area contributed by atoms with Crippen molar-refractivity contribution in [1.29, 1.82) is 0 Å². The van der Waals surface area contributed by atoms with Crippen LogP contribution in [-0.2, 0) is 20.9 Å². The summed E-state index contributed by atoms with van der Waals surface area (Å²) in [7, 11) is 0. The Balaban J connectivity index is 1.66. The summed E-state index contributed by atoms with van der Waals surface area (Å²) in [5, 5.41) is 2.92. The maximum Gasteiger partial charge on any atom is 0.519 e. The Morgan fingerprint density at radius 1 is 1.20 bits per heavy atom. The molecule has 0 unspecified atom stereocenters. The largest absolute Gasteiger partial charge is 0.519 e. The fourth-order valence-corrected chi connectivity index (χ4v) is 4.39. The Morgan fingerprint density at radius 3 is 2.60 bits per heavy atom. The highest BCUT2D eigenvalue weighted by Crippen LogP contribution is 2.37. The number of benzene rings is 2. The first-order valence-electron chi connectivity index (χ1n) is 10.6. The van der Waals surface area contributed by atoms with Crippen LogP contribution in [0.5, 0.6) is 0 Å². The number of hydrogen-bond acceptors (Lipinski definition) is 8. The highest BCUT2D eigenvalue weighted by Gasteiger charge is 2.34. The van der Waals surface area contributed by atoms with Crippen molar-refractivity contribution < 1.29 is 27.6 Å². The van der Waals surface area contributed by atoms with Gasteiger partial charge in [0.2, 0.25) is 5.91 Å². The van der Waals surface area contributed by atoms with Gasteiger partial charge in [0.15, 0.2) is 23.3 Å². The number of halogens is 1. The number of imidazole rings is 1. The molecular weight excluding hydrogens is 477 g/mol. The second-order valence-corrected chi connectivity index (χ2v) is 9.78. The summed E-state index contributed by atoms with van der Waals surface area (Å²) >= 11 is 1.09. The number of amides is 1. The smallest absolute Gasteiger partial charge is 0.456 e. The first-order valence-corrected chi connectivity index (χ1v) is 11.4. The molecule has 4 rings (SSSR count). The van der Waals surface area contributed by atoms with Gasteiger partial charge in [-0.15, -0.1) is 0 Å². The average Bonchev–Trinajstić information content (AvgIpc) is 3.29.